The molecule has 0 aromatic heterocycles. The van der Waals surface area contributed by atoms with E-state index in [1.54, 1.807) is 13.0 Å². The number of rotatable bonds is 2. The van der Waals surface area contributed by atoms with Crippen LogP contribution in [-0.2, 0) is 4.79 Å². The lowest BCUT2D eigenvalue weighted by atomic mass is 10.3. The Balaban J connectivity index is 3.42. The van der Waals surface area contributed by atoms with Crippen molar-refractivity contribution in [1.29, 1.82) is 5.26 Å². The van der Waals surface area contributed by atoms with E-state index in [0.29, 0.717) is 0 Å². The van der Waals surface area contributed by atoms with Gasteiger partial charge in [-0.2, -0.15) is 5.26 Å². The van der Waals surface area contributed by atoms with Crippen LogP contribution in [0.2, 0.25) is 0 Å². The molecule has 0 bridgehead atoms. The van der Waals surface area contributed by atoms with E-state index in [1.165, 1.54) is 0 Å². The van der Waals surface area contributed by atoms with Crippen molar-refractivity contribution in [3.05, 3.63) is 0 Å². The number of hydrogen-bond donors (Lipinski definition) is 2. The number of nitrogens with zero attached hydrogens (tertiary/aromatic N) is 1. The normalized spacial score (nSPS) is 11.7. The Morgan fingerprint density at radius 3 is 2.89 bits per heavy atom. The van der Waals surface area contributed by atoms with E-state index in [4.69, 9.17) is 11.0 Å². The van der Waals surface area contributed by atoms with Crippen LogP contribution < -0.4 is 11.1 Å². The van der Waals surface area contributed by atoms with Gasteiger partial charge >= 0.3 is 0 Å². The molecule has 0 fully saturated rings. The van der Waals surface area contributed by atoms with E-state index in [0.717, 1.165) is 0 Å². The third kappa shape index (κ3) is 3.50. The fraction of sp³-hybridized carbons (Fsp3) is 0.600. The lowest BCUT2D eigenvalue weighted by Gasteiger charge is -2.01. The third-order valence-corrected chi connectivity index (χ3v) is 0.755. The van der Waals surface area contributed by atoms with Gasteiger partial charge in [-0.25, -0.2) is 0 Å². The van der Waals surface area contributed by atoms with Crippen LogP contribution in [0, 0.1) is 11.3 Å². The minimum atomic E-state index is -0.529. The maximum Gasteiger partial charge on any atom is 0.237 e. The largest absolute Gasteiger partial charge is 0.342 e. The number of nitrogens with two attached hydrogens (primary N) is 1. The molecule has 0 heterocycles. The summed E-state index contributed by atoms with van der Waals surface area (Å²) < 4.78 is 0. The van der Waals surface area contributed by atoms with Crippen LogP contribution in [0.3, 0.4) is 0 Å². The molecular weight excluding hydrogens is 118 g/mol. The first kappa shape index (κ1) is 7.92. The van der Waals surface area contributed by atoms with Crippen molar-refractivity contribution in [3.8, 4) is 6.07 Å². The first-order valence-corrected chi connectivity index (χ1v) is 2.58. The topological polar surface area (TPSA) is 78.9 Å². The second-order valence-corrected chi connectivity index (χ2v) is 1.66. The number of amides is 1. The monoisotopic (exact) mass is 127 g/mol. The second kappa shape index (κ2) is 3.87. The summed E-state index contributed by atoms with van der Waals surface area (Å²) in [6, 6.07) is 1.24. The molecule has 50 valence electrons. The van der Waals surface area contributed by atoms with Crippen molar-refractivity contribution in [2.45, 2.75) is 13.0 Å². The van der Waals surface area contributed by atoms with Crippen molar-refractivity contribution in [3.63, 3.8) is 0 Å². The molecule has 0 saturated heterocycles. The highest BCUT2D eigenvalue weighted by Crippen LogP contribution is 1.71. The van der Waals surface area contributed by atoms with Gasteiger partial charge in [0.25, 0.3) is 0 Å². The van der Waals surface area contributed by atoms with Gasteiger partial charge in [0.1, 0.15) is 6.54 Å². The maximum absolute atomic E-state index is 10.5. The molecule has 0 aliphatic heterocycles. The Morgan fingerprint density at radius 1 is 2.00 bits per heavy atom. The van der Waals surface area contributed by atoms with E-state index in [2.05, 4.69) is 5.32 Å². The van der Waals surface area contributed by atoms with Crippen LogP contribution in [0.1, 0.15) is 6.92 Å². The number of carbonyl (C=O) groups is 1. The molecule has 0 spiro atoms. The Kier molecular flexibility index (Phi) is 3.40. The van der Waals surface area contributed by atoms with Gasteiger partial charge in [0, 0.05) is 0 Å². The lowest BCUT2D eigenvalue weighted by Crippen LogP contribution is -2.38. The average Bonchev–Trinajstić information content (AvgIpc) is 1.82. The summed E-state index contributed by atoms with van der Waals surface area (Å²) in [5.74, 6) is -0.295. The molecule has 0 aliphatic carbocycles. The smallest absolute Gasteiger partial charge is 0.237 e. The molecule has 0 aliphatic rings. The zero-order valence-electron chi connectivity index (χ0n) is 5.22. The van der Waals surface area contributed by atoms with Crippen molar-refractivity contribution in [2.24, 2.45) is 5.73 Å². The van der Waals surface area contributed by atoms with Gasteiger partial charge in [-0.1, -0.05) is 0 Å². The molecule has 3 N–H and O–H groups in total. The van der Waals surface area contributed by atoms with Crippen LogP contribution >= 0.6 is 0 Å². The van der Waals surface area contributed by atoms with Crippen molar-refractivity contribution in [1.82, 2.24) is 5.32 Å². The molecule has 0 unspecified atom stereocenters. The summed E-state index contributed by atoms with van der Waals surface area (Å²) in [5.41, 5.74) is 5.16. The quantitative estimate of drug-likeness (QED) is 0.466. The van der Waals surface area contributed by atoms with Crippen molar-refractivity contribution < 1.29 is 4.79 Å². The van der Waals surface area contributed by atoms with E-state index in [-0.39, 0.29) is 12.5 Å². The number of carbonyl (C=O) groups excluding carboxylic acids is 1. The summed E-state index contributed by atoms with van der Waals surface area (Å²) in [6.07, 6.45) is 0. The number of nitriles is 1. The second-order valence-electron chi connectivity index (χ2n) is 1.66. The van der Waals surface area contributed by atoms with Crippen molar-refractivity contribution in [2.75, 3.05) is 6.54 Å². The maximum atomic E-state index is 10.5. The fourth-order valence-electron chi connectivity index (χ4n) is 0.288. The highest BCUT2D eigenvalue weighted by molar-refractivity contribution is 5.81. The Hall–Kier alpha value is -1.08. The highest BCUT2D eigenvalue weighted by atomic mass is 16.2. The van der Waals surface area contributed by atoms with Crippen molar-refractivity contribution >= 4 is 5.91 Å². The van der Waals surface area contributed by atoms with Gasteiger partial charge in [-0.3, -0.25) is 4.79 Å². The van der Waals surface area contributed by atoms with Crippen LogP contribution in [0.25, 0.3) is 0 Å². The summed E-state index contributed by atoms with van der Waals surface area (Å²) in [4.78, 5) is 10.5. The molecule has 0 radical (unpaired) electrons. The van der Waals surface area contributed by atoms with Crippen LogP contribution in [0.4, 0.5) is 0 Å². The van der Waals surface area contributed by atoms with E-state index < -0.39 is 6.04 Å². The molecule has 0 aromatic rings. The zero-order chi connectivity index (χ0) is 7.28. The Bertz CT molecular complexity index is 136. The zero-order valence-corrected chi connectivity index (χ0v) is 5.22. The van der Waals surface area contributed by atoms with Gasteiger partial charge in [0.05, 0.1) is 12.1 Å². The van der Waals surface area contributed by atoms with E-state index in [9.17, 15) is 4.79 Å². The molecule has 4 heteroatoms. The van der Waals surface area contributed by atoms with Crippen LogP contribution in [-0.4, -0.2) is 18.5 Å². The molecule has 0 rings (SSSR count). The standard InChI is InChI=1S/C5H9N3O/c1-4(7)5(9)8-3-2-6/h4H,3,7H2,1H3,(H,8,9)/t4-/m1/s1. The molecule has 0 saturated carbocycles. The molecule has 0 aromatic carbocycles. The first-order valence-electron chi connectivity index (χ1n) is 2.58. The third-order valence-electron chi connectivity index (χ3n) is 0.755. The fourth-order valence-corrected chi connectivity index (χ4v) is 0.288. The number of nitrogens with one attached hydrogen (secondary N) is 1. The molecule has 9 heavy (non-hydrogen) atoms. The lowest BCUT2D eigenvalue weighted by molar-refractivity contribution is -0.121. The number of hydrogen-bond acceptors (Lipinski definition) is 3. The van der Waals surface area contributed by atoms with E-state index >= 15 is 0 Å². The van der Waals surface area contributed by atoms with Gasteiger partial charge < -0.3 is 11.1 Å². The Labute approximate surface area is 53.6 Å². The Morgan fingerprint density at radius 2 is 2.56 bits per heavy atom. The van der Waals surface area contributed by atoms with E-state index in [1.807, 2.05) is 0 Å². The molecule has 4 nitrogen and oxygen atoms in total. The highest BCUT2D eigenvalue weighted by Gasteiger charge is 2.03. The summed E-state index contributed by atoms with van der Waals surface area (Å²) in [5, 5.41) is 10.3. The summed E-state index contributed by atoms with van der Waals surface area (Å²) in [7, 11) is 0. The van der Waals surface area contributed by atoms with Gasteiger partial charge in [-0.05, 0) is 6.92 Å². The minimum Gasteiger partial charge on any atom is -0.342 e. The van der Waals surface area contributed by atoms with Gasteiger partial charge in [-0.15, -0.1) is 0 Å². The molecule has 1 amide bonds. The predicted octanol–water partition coefficient (Wildman–Crippen LogP) is -1.03. The average molecular weight is 127 g/mol. The van der Waals surface area contributed by atoms with Crippen LogP contribution in [0.5, 0.6) is 0 Å². The molecular formula is C5H9N3O. The molecule has 1 atom stereocenters. The summed E-state index contributed by atoms with van der Waals surface area (Å²) in [6.45, 7) is 1.59. The SMILES string of the molecule is C[C@@H](N)C(=O)NCC#N. The first-order chi connectivity index (χ1) is 4.18. The predicted molar refractivity (Wildman–Crippen MR) is 32.3 cm³/mol. The minimum absolute atomic E-state index is 0.0281. The van der Waals surface area contributed by atoms with Gasteiger partial charge in [0.15, 0.2) is 0 Å². The van der Waals surface area contributed by atoms with Crippen LogP contribution in [0.15, 0.2) is 0 Å². The summed E-state index contributed by atoms with van der Waals surface area (Å²) >= 11 is 0. The van der Waals surface area contributed by atoms with Gasteiger partial charge in [0.2, 0.25) is 5.91 Å².